The second-order valence-electron chi connectivity index (χ2n) is 4.76. The van der Waals surface area contributed by atoms with Crippen LogP contribution in [0.15, 0.2) is 36.9 Å². The van der Waals surface area contributed by atoms with E-state index in [0.29, 0.717) is 6.04 Å². The van der Waals surface area contributed by atoms with Crippen molar-refractivity contribution >= 4 is 0 Å². The summed E-state index contributed by atoms with van der Waals surface area (Å²) in [7, 11) is 0. The first-order valence-electron chi connectivity index (χ1n) is 6.77. The minimum atomic E-state index is 0.0565. The van der Waals surface area contributed by atoms with Crippen molar-refractivity contribution in [1.29, 1.82) is 0 Å². The van der Waals surface area contributed by atoms with Gasteiger partial charge in [0.1, 0.15) is 11.9 Å². The van der Waals surface area contributed by atoms with Gasteiger partial charge in [0, 0.05) is 6.04 Å². The van der Waals surface area contributed by atoms with Gasteiger partial charge in [0.2, 0.25) is 0 Å². The average Bonchev–Trinajstić information content (AvgIpc) is 2.38. The van der Waals surface area contributed by atoms with Gasteiger partial charge in [-0.25, -0.2) is 0 Å². The largest absolute Gasteiger partial charge is 0.487 e. The Balaban J connectivity index is 2.47. The molecule has 2 heteroatoms. The fraction of sp³-hybridized carbons (Fsp3) is 0.500. The molecule has 2 nitrogen and oxygen atoms in total. The average molecular weight is 247 g/mol. The molecule has 1 N–H and O–H groups in total. The number of ether oxygens (including phenoxy) is 1. The summed E-state index contributed by atoms with van der Waals surface area (Å²) in [6, 6.07) is 8.85. The number of hydrogen-bond acceptors (Lipinski definition) is 2. The first-order valence-corrected chi connectivity index (χ1v) is 6.77. The van der Waals surface area contributed by atoms with Crippen molar-refractivity contribution < 1.29 is 4.74 Å². The smallest absolute Gasteiger partial charge is 0.120 e. The van der Waals surface area contributed by atoms with Gasteiger partial charge in [-0.3, -0.25) is 0 Å². The van der Waals surface area contributed by atoms with Gasteiger partial charge in [0.25, 0.3) is 0 Å². The van der Waals surface area contributed by atoms with Crippen molar-refractivity contribution in [3.8, 4) is 5.75 Å². The Hall–Kier alpha value is -1.28. The molecule has 1 aromatic rings. The van der Waals surface area contributed by atoms with E-state index in [1.54, 1.807) is 6.08 Å². The molecule has 2 unspecified atom stereocenters. The van der Waals surface area contributed by atoms with Crippen molar-refractivity contribution in [2.75, 3.05) is 6.54 Å². The number of hydrogen-bond donors (Lipinski definition) is 1. The van der Waals surface area contributed by atoms with Gasteiger partial charge in [-0.15, -0.1) is 0 Å². The van der Waals surface area contributed by atoms with Gasteiger partial charge in [0.15, 0.2) is 0 Å². The molecule has 0 aliphatic carbocycles. The maximum atomic E-state index is 5.65. The van der Waals surface area contributed by atoms with Crippen molar-refractivity contribution in [3.05, 3.63) is 42.5 Å². The summed E-state index contributed by atoms with van der Waals surface area (Å²) in [6.07, 6.45) is 4.08. The molecule has 0 spiro atoms. The molecule has 0 aromatic heterocycles. The van der Waals surface area contributed by atoms with E-state index >= 15 is 0 Å². The Bertz CT molecular complexity index is 345. The quantitative estimate of drug-likeness (QED) is 0.709. The summed E-state index contributed by atoms with van der Waals surface area (Å²) < 4.78 is 5.65. The summed E-state index contributed by atoms with van der Waals surface area (Å²) in [4.78, 5) is 0. The summed E-state index contributed by atoms with van der Waals surface area (Å²) >= 11 is 0. The standard InChI is InChI=1S/C16H25NO/c1-5-11-17-13(3)12-15-7-9-16(10-8-15)18-14(4)6-2/h6-10,13-14,17H,2,5,11-12H2,1,3-4H3. The highest BCUT2D eigenvalue weighted by molar-refractivity contribution is 5.28. The molecule has 0 radical (unpaired) electrons. The minimum Gasteiger partial charge on any atom is -0.487 e. The van der Waals surface area contributed by atoms with Crippen LogP contribution in [-0.4, -0.2) is 18.7 Å². The highest BCUT2D eigenvalue weighted by atomic mass is 16.5. The monoisotopic (exact) mass is 247 g/mol. The van der Waals surface area contributed by atoms with E-state index in [4.69, 9.17) is 4.74 Å². The van der Waals surface area contributed by atoms with Gasteiger partial charge in [-0.05, 0) is 50.9 Å². The molecule has 2 atom stereocenters. The summed E-state index contributed by atoms with van der Waals surface area (Å²) in [6.45, 7) is 11.2. The molecular formula is C16H25NO. The van der Waals surface area contributed by atoms with Crippen molar-refractivity contribution in [2.24, 2.45) is 0 Å². The van der Waals surface area contributed by atoms with Crippen LogP contribution in [0.5, 0.6) is 5.75 Å². The highest BCUT2D eigenvalue weighted by Gasteiger charge is 2.03. The van der Waals surface area contributed by atoms with Crippen LogP contribution < -0.4 is 10.1 Å². The van der Waals surface area contributed by atoms with Gasteiger partial charge in [-0.1, -0.05) is 31.7 Å². The molecule has 0 saturated carbocycles. The third-order valence-electron chi connectivity index (χ3n) is 2.86. The molecule has 0 fully saturated rings. The van der Waals surface area contributed by atoms with Crippen LogP contribution in [-0.2, 0) is 6.42 Å². The lowest BCUT2D eigenvalue weighted by Gasteiger charge is -2.14. The normalized spacial score (nSPS) is 13.9. The topological polar surface area (TPSA) is 21.3 Å². The van der Waals surface area contributed by atoms with E-state index in [1.807, 2.05) is 19.1 Å². The van der Waals surface area contributed by atoms with Crippen LogP contribution in [0, 0.1) is 0 Å². The molecule has 18 heavy (non-hydrogen) atoms. The van der Waals surface area contributed by atoms with E-state index < -0.39 is 0 Å². The van der Waals surface area contributed by atoms with Crippen molar-refractivity contribution in [1.82, 2.24) is 5.32 Å². The summed E-state index contributed by atoms with van der Waals surface area (Å²) in [5.74, 6) is 0.903. The second kappa shape index (κ2) is 7.93. The molecule has 0 aliphatic heterocycles. The molecule has 1 aromatic carbocycles. The lowest BCUT2D eigenvalue weighted by molar-refractivity contribution is 0.270. The number of rotatable bonds is 8. The lowest BCUT2D eigenvalue weighted by atomic mass is 10.1. The molecule has 0 amide bonds. The fourth-order valence-electron chi connectivity index (χ4n) is 1.78. The Labute approximate surface area is 111 Å². The maximum Gasteiger partial charge on any atom is 0.120 e. The lowest BCUT2D eigenvalue weighted by Crippen LogP contribution is -2.28. The Morgan fingerprint density at radius 3 is 2.50 bits per heavy atom. The summed E-state index contributed by atoms with van der Waals surface area (Å²) in [5.41, 5.74) is 1.34. The number of nitrogens with one attached hydrogen (secondary N) is 1. The second-order valence-corrected chi connectivity index (χ2v) is 4.76. The zero-order valence-electron chi connectivity index (χ0n) is 11.8. The highest BCUT2D eigenvalue weighted by Crippen LogP contribution is 2.15. The molecule has 0 bridgehead atoms. The molecule has 1 rings (SSSR count). The van der Waals surface area contributed by atoms with Crippen LogP contribution in [0.3, 0.4) is 0 Å². The van der Waals surface area contributed by atoms with Crippen molar-refractivity contribution in [2.45, 2.75) is 45.8 Å². The SMILES string of the molecule is C=CC(C)Oc1ccc(CC(C)NCCC)cc1. The van der Waals surface area contributed by atoms with E-state index in [1.165, 1.54) is 12.0 Å². The molecular weight excluding hydrogens is 222 g/mol. The zero-order chi connectivity index (χ0) is 13.4. The Kier molecular flexibility index (Phi) is 6.51. The van der Waals surface area contributed by atoms with Crippen molar-refractivity contribution in [3.63, 3.8) is 0 Å². The fourth-order valence-corrected chi connectivity index (χ4v) is 1.78. The van der Waals surface area contributed by atoms with Crippen LogP contribution in [0.4, 0.5) is 0 Å². The zero-order valence-corrected chi connectivity index (χ0v) is 11.8. The Morgan fingerprint density at radius 1 is 1.28 bits per heavy atom. The van der Waals surface area contributed by atoms with Gasteiger partial charge < -0.3 is 10.1 Å². The van der Waals surface area contributed by atoms with Crippen LogP contribution in [0.1, 0.15) is 32.8 Å². The predicted molar refractivity (Wildman–Crippen MR) is 78.2 cm³/mol. The molecule has 0 saturated heterocycles. The maximum absolute atomic E-state index is 5.65. The third-order valence-corrected chi connectivity index (χ3v) is 2.86. The first-order chi connectivity index (χ1) is 8.65. The van der Waals surface area contributed by atoms with Crippen LogP contribution in [0.25, 0.3) is 0 Å². The van der Waals surface area contributed by atoms with Crippen LogP contribution >= 0.6 is 0 Å². The number of benzene rings is 1. The predicted octanol–water partition coefficient (Wildman–Crippen LogP) is 3.57. The molecule has 100 valence electrons. The van der Waals surface area contributed by atoms with E-state index in [9.17, 15) is 0 Å². The van der Waals surface area contributed by atoms with E-state index in [0.717, 1.165) is 18.7 Å². The van der Waals surface area contributed by atoms with Crippen LogP contribution in [0.2, 0.25) is 0 Å². The third kappa shape index (κ3) is 5.37. The van der Waals surface area contributed by atoms with E-state index in [2.05, 4.69) is 37.9 Å². The van der Waals surface area contributed by atoms with Gasteiger partial charge >= 0.3 is 0 Å². The van der Waals surface area contributed by atoms with E-state index in [-0.39, 0.29) is 6.10 Å². The van der Waals surface area contributed by atoms with Gasteiger partial charge in [0.05, 0.1) is 0 Å². The molecule has 0 heterocycles. The first kappa shape index (κ1) is 14.8. The summed E-state index contributed by atoms with van der Waals surface area (Å²) in [5, 5.41) is 3.49. The minimum absolute atomic E-state index is 0.0565. The Morgan fingerprint density at radius 2 is 1.94 bits per heavy atom. The van der Waals surface area contributed by atoms with Gasteiger partial charge in [-0.2, -0.15) is 0 Å². The molecule has 0 aliphatic rings.